The van der Waals surface area contributed by atoms with E-state index in [2.05, 4.69) is 26.2 Å². The van der Waals surface area contributed by atoms with Gasteiger partial charge in [0.1, 0.15) is 12.4 Å². The summed E-state index contributed by atoms with van der Waals surface area (Å²) in [6, 6.07) is 14.5. The molecule has 5 rings (SSSR count). The van der Waals surface area contributed by atoms with Gasteiger partial charge in [-0.25, -0.2) is 17.4 Å². The number of halogens is 1. The Morgan fingerprint density at radius 3 is 2.73 bits per heavy atom. The van der Waals surface area contributed by atoms with E-state index in [4.69, 9.17) is 4.74 Å². The number of nitrogens with one attached hydrogen (secondary N) is 1. The van der Waals surface area contributed by atoms with Crippen LogP contribution in [0.3, 0.4) is 0 Å². The first-order valence-electron chi connectivity index (χ1n) is 9.43. The number of nitrogens with zero attached hydrogens (tertiary/aromatic N) is 2. The molecule has 6 nitrogen and oxygen atoms in total. The Hall–Kier alpha value is -2.84. The van der Waals surface area contributed by atoms with E-state index in [0.29, 0.717) is 12.3 Å². The van der Waals surface area contributed by atoms with Gasteiger partial charge < -0.3 is 10.1 Å². The molecular weight excluding hydrogens is 466 g/mol. The maximum atomic E-state index is 13.4. The van der Waals surface area contributed by atoms with Gasteiger partial charge in [0.15, 0.2) is 5.65 Å². The van der Waals surface area contributed by atoms with Gasteiger partial charge in [-0.3, -0.25) is 0 Å². The Bertz CT molecular complexity index is 1380. The molecular formula is C22H18BrN3O3S. The second kappa shape index (κ2) is 7.14. The van der Waals surface area contributed by atoms with Gasteiger partial charge in [-0.05, 0) is 58.7 Å². The van der Waals surface area contributed by atoms with Gasteiger partial charge in [-0.1, -0.05) is 23.8 Å². The summed E-state index contributed by atoms with van der Waals surface area (Å²) in [5, 5.41) is 4.07. The second-order valence-electron chi connectivity index (χ2n) is 7.17. The third-order valence-electron chi connectivity index (χ3n) is 5.12. The molecule has 0 unspecified atom stereocenters. The summed E-state index contributed by atoms with van der Waals surface area (Å²) in [4.78, 5) is 4.64. The molecule has 0 saturated carbocycles. The van der Waals surface area contributed by atoms with Crippen LogP contribution in [0.1, 0.15) is 5.56 Å². The lowest BCUT2D eigenvalue weighted by molar-refractivity contribution is 0.323. The van der Waals surface area contributed by atoms with E-state index in [1.54, 1.807) is 36.7 Å². The molecule has 3 heterocycles. The normalized spacial score (nSPS) is 13.5. The summed E-state index contributed by atoms with van der Waals surface area (Å²) in [7, 11) is -3.80. The molecule has 2 aromatic carbocycles. The van der Waals surface area contributed by atoms with Gasteiger partial charge in [0, 0.05) is 34.4 Å². The lowest BCUT2D eigenvalue weighted by Crippen LogP contribution is -2.17. The van der Waals surface area contributed by atoms with Gasteiger partial charge in [0.05, 0.1) is 10.6 Å². The molecule has 152 valence electrons. The molecule has 30 heavy (non-hydrogen) atoms. The molecule has 0 radical (unpaired) electrons. The number of rotatable bonds is 3. The summed E-state index contributed by atoms with van der Waals surface area (Å²) < 4.78 is 34.5. The summed E-state index contributed by atoms with van der Waals surface area (Å²) >= 11 is 3.46. The van der Waals surface area contributed by atoms with Crippen LogP contribution in [-0.2, 0) is 10.0 Å². The number of benzene rings is 2. The van der Waals surface area contributed by atoms with Crippen LogP contribution in [0.2, 0.25) is 0 Å². The average Bonchev–Trinajstić information content (AvgIpc) is 3.13. The van der Waals surface area contributed by atoms with Crippen LogP contribution in [0, 0.1) is 6.92 Å². The molecule has 1 aliphatic rings. The number of pyridine rings is 1. The zero-order valence-electron chi connectivity index (χ0n) is 16.1. The van der Waals surface area contributed by atoms with Gasteiger partial charge in [-0.15, -0.1) is 0 Å². The first kappa shape index (κ1) is 19.1. The molecule has 1 aliphatic heterocycles. The van der Waals surface area contributed by atoms with Crippen molar-refractivity contribution < 1.29 is 13.2 Å². The van der Waals surface area contributed by atoms with Crippen molar-refractivity contribution in [2.45, 2.75) is 11.8 Å². The standard InChI is InChI=1S/C22H18BrN3O3S/c1-14-2-5-17(6-3-14)30(27,28)26-13-19(18-11-16(23)12-25-22(18)26)15-4-7-21-20(10-15)24-8-9-29-21/h2-7,10-13,24H,8-9H2,1H3. The van der Waals surface area contributed by atoms with Crippen molar-refractivity contribution in [1.29, 1.82) is 0 Å². The largest absolute Gasteiger partial charge is 0.490 e. The molecule has 0 spiro atoms. The molecule has 4 aromatic rings. The van der Waals surface area contributed by atoms with Gasteiger partial charge >= 0.3 is 0 Å². The van der Waals surface area contributed by atoms with E-state index < -0.39 is 10.0 Å². The Balaban J connectivity index is 1.73. The molecule has 0 saturated heterocycles. The lowest BCUT2D eigenvalue weighted by Gasteiger charge is -2.19. The fourth-order valence-corrected chi connectivity index (χ4v) is 5.25. The van der Waals surface area contributed by atoms with Crippen molar-refractivity contribution in [1.82, 2.24) is 8.96 Å². The first-order valence-corrected chi connectivity index (χ1v) is 11.7. The topological polar surface area (TPSA) is 73.2 Å². The fourth-order valence-electron chi connectivity index (χ4n) is 3.60. The SMILES string of the molecule is Cc1ccc(S(=O)(=O)n2cc(-c3ccc4c(c3)NCCO4)c3cc(Br)cnc32)cc1. The molecule has 1 N–H and O–H groups in total. The highest BCUT2D eigenvalue weighted by Gasteiger charge is 2.23. The Morgan fingerprint density at radius 2 is 1.93 bits per heavy atom. The second-order valence-corrected chi connectivity index (χ2v) is 9.90. The molecule has 0 aliphatic carbocycles. The van der Waals surface area contributed by atoms with Crippen LogP contribution in [-0.4, -0.2) is 30.5 Å². The Labute approximate surface area is 182 Å². The number of ether oxygens (including phenoxy) is 1. The van der Waals surface area contributed by atoms with Crippen LogP contribution in [0.5, 0.6) is 5.75 Å². The molecule has 8 heteroatoms. The van der Waals surface area contributed by atoms with E-state index in [1.165, 1.54) is 3.97 Å². The van der Waals surface area contributed by atoms with Crippen LogP contribution in [0.4, 0.5) is 5.69 Å². The van der Waals surface area contributed by atoms with Crippen molar-refractivity contribution in [3.8, 4) is 16.9 Å². The van der Waals surface area contributed by atoms with Gasteiger partial charge in [0.2, 0.25) is 0 Å². The lowest BCUT2D eigenvalue weighted by atomic mass is 10.0. The van der Waals surface area contributed by atoms with E-state index in [0.717, 1.165) is 44.5 Å². The Kier molecular flexibility index (Phi) is 4.56. The number of anilines is 1. The monoisotopic (exact) mass is 483 g/mol. The van der Waals surface area contributed by atoms with Crippen molar-refractivity contribution in [2.75, 3.05) is 18.5 Å². The van der Waals surface area contributed by atoms with Gasteiger partial charge in [-0.2, -0.15) is 0 Å². The van der Waals surface area contributed by atoms with Crippen LogP contribution < -0.4 is 10.1 Å². The van der Waals surface area contributed by atoms with Gasteiger partial charge in [0.25, 0.3) is 10.0 Å². The van der Waals surface area contributed by atoms with Crippen molar-refractivity contribution in [2.24, 2.45) is 0 Å². The van der Waals surface area contributed by atoms with Crippen molar-refractivity contribution >= 4 is 42.7 Å². The molecule has 2 aromatic heterocycles. The highest BCUT2D eigenvalue weighted by atomic mass is 79.9. The van der Waals surface area contributed by atoms with E-state index >= 15 is 0 Å². The summed E-state index contributed by atoms with van der Waals surface area (Å²) in [6.07, 6.45) is 3.25. The number of aryl methyl sites for hydroxylation is 1. The van der Waals surface area contributed by atoms with Crippen LogP contribution >= 0.6 is 15.9 Å². The summed E-state index contributed by atoms with van der Waals surface area (Å²) in [5.41, 5.74) is 3.94. The summed E-state index contributed by atoms with van der Waals surface area (Å²) in [5.74, 6) is 0.792. The third kappa shape index (κ3) is 3.16. The molecule has 0 bridgehead atoms. The highest BCUT2D eigenvalue weighted by molar-refractivity contribution is 9.10. The minimum atomic E-state index is -3.80. The van der Waals surface area contributed by atoms with Crippen LogP contribution in [0.15, 0.2) is 70.3 Å². The van der Waals surface area contributed by atoms with Crippen LogP contribution in [0.25, 0.3) is 22.2 Å². The zero-order valence-corrected chi connectivity index (χ0v) is 18.5. The number of aromatic nitrogens is 2. The van der Waals surface area contributed by atoms with E-state index in [-0.39, 0.29) is 4.90 Å². The maximum absolute atomic E-state index is 13.4. The zero-order chi connectivity index (χ0) is 20.9. The minimum Gasteiger partial charge on any atom is -0.490 e. The first-order chi connectivity index (χ1) is 14.4. The highest BCUT2D eigenvalue weighted by Crippen LogP contribution is 2.37. The number of fused-ring (bicyclic) bond motifs is 2. The average molecular weight is 484 g/mol. The quantitative estimate of drug-likeness (QED) is 0.452. The number of hydrogen-bond acceptors (Lipinski definition) is 5. The van der Waals surface area contributed by atoms with E-state index in [1.807, 2.05) is 31.2 Å². The fraction of sp³-hybridized carbons (Fsp3) is 0.136. The predicted octanol–water partition coefficient (Wildman–Crippen LogP) is 4.82. The predicted molar refractivity (Wildman–Crippen MR) is 121 cm³/mol. The van der Waals surface area contributed by atoms with E-state index in [9.17, 15) is 8.42 Å². The van der Waals surface area contributed by atoms with Crippen molar-refractivity contribution in [3.63, 3.8) is 0 Å². The molecule has 0 atom stereocenters. The Morgan fingerprint density at radius 1 is 1.13 bits per heavy atom. The molecule has 0 amide bonds. The smallest absolute Gasteiger partial charge is 0.269 e. The van der Waals surface area contributed by atoms with Crippen molar-refractivity contribution in [3.05, 3.63) is 71.0 Å². The minimum absolute atomic E-state index is 0.224. The summed E-state index contributed by atoms with van der Waals surface area (Å²) in [6.45, 7) is 3.27. The number of hydrogen-bond donors (Lipinski definition) is 1. The third-order valence-corrected chi connectivity index (χ3v) is 7.22. The maximum Gasteiger partial charge on any atom is 0.269 e. The molecule has 0 fully saturated rings.